The molecule has 0 fully saturated rings. The Morgan fingerprint density at radius 1 is 0.721 bits per heavy atom. The van der Waals surface area contributed by atoms with Gasteiger partial charge in [0.25, 0.3) is 0 Å². The Bertz CT molecular complexity index is 2900. The van der Waals surface area contributed by atoms with Gasteiger partial charge in [0.2, 0.25) is 0 Å². The molecule has 1 radical (unpaired) electrons. The third kappa shape index (κ3) is 8.92. The Morgan fingerprint density at radius 2 is 1.43 bits per heavy atom. The molecule has 0 saturated heterocycles. The zero-order chi connectivity index (χ0) is 42.1. The Kier molecular flexibility index (Phi) is 13.0. The molecule has 9 rings (SSSR count). The number of benzene rings is 5. The summed E-state index contributed by atoms with van der Waals surface area (Å²) in [5, 5.41) is 16.0. The molecular formula is C52H52IrN6OSi-2. The summed E-state index contributed by atoms with van der Waals surface area (Å²) in [6.45, 7) is 20.7. The number of hydrogen-bond donors (Lipinski definition) is 0. The molecule has 0 unspecified atom stereocenters. The number of hydrogen-bond acceptors (Lipinski definition) is 6. The van der Waals surface area contributed by atoms with Gasteiger partial charge in [-0.05, 0) is 80.7 Å². The minimum atomic E-state index is -1.34. The number of furan rings is 1. The van der Waals surface area contributed by atoms with E-state index in [1.807, 2.05) is 48.5 Å². The van der Waals surface area contributed by atoms with E-state index in [4.69, 9.17) is 9.40 Å². The van der Waals surface area contributed by atoms with Crippen LogP contribution in [0.4, 0.5) is 0 Å². The van der Waals surface area contributed by atoms with Gasteiger partial charge in [0, 0.05) is 37.4 Å². The van der Waals surface area contributed by atoms with Gasteiger partial charge < -0.3 is 14.0 Å². The minimum Gasteiger partial charge on any atom is -0.501 e. The van der Waals surface area contributed by atoms with Crippen molar-refractivity contribution in [1.29, 1.82) is 0 Å². The molecule has 0 saturated carbocycles. The Morgan fingerprint density at radius 3 is 2.10 bits per heavy atom. The van der Waals surface area contributed by atoms with Gasteiger partial charge in [0.15, 0.2) is 5.65 Å². The van der Waals surface area contributed by atoms with E-state index < -0.39 is 8.07 Å². The topological polar surface area (TPSA) is 82.5 Å². The van der Waals surface area contributed by atoms with Crippen molar-refractivity contribution in [3.05, 3.63) is 150 Å². The summed E-state index contributed by atoms with van der Waals surface area (Å²) in [6, 6.07) is 44.3. The van der Waals surface area contributed by atoms with E-state index in [2.05, 4.69) is 165 Å². The number of nitrogens with zero attached hydrogens (tertiary/aromatic N) is 6. The first-order valence-corrected chi connectivity index (χ1v) is 24.5. The van der Waals surface area contributed by atoms with Crippen LogP contribution < -0.4 is 5.19 Å². The van der Waals surface area contributed by atoms with Crippen LogP contribution in [0.25, 0.3) is 72.6 Å². The first kappa shape index (κ1) is 43.5. The SMILES string of the molecule is CC(C)Cc1cc(-c2[c-]cccc2)ncc1[Si](C)(C)C.CC(C)c1cc(-c2ccccc2)cc(C(C)C)c1-n1c(-c2[c-]ccc3c2oc2ccccc23)nc2nnncc21.[Ir]. The van der Waals surface area contributed by atoms with Gasteiger partial charge in [-0.2, -0.15) is 0 Å². The van der Waals surface area contributed by atoms with E-state index in [1.165, 1.54) is 33.0 Å². The molecule has 0 aliphatic rings. The fraction of sp³-hybridized carbons (Fsp3) is 0.250. The normalized spacial score (nSPS) is 11.7. The Labute approximate surface area is 374 Å². The summed E-state index contributed by atoms with van der Waals surface area (Å²) in [4.78, 5) is 9.71. The molecule has 9 heteroatoms. The van der Waals surface area contributed by atoms with E-state index in [0.29, 0.717) is 17.4 Å². The minimum absolute atomic E-state index is 0. The standard InChI is InChI=1S/C34H28N5O.C18H24NSi.Ir/c1-20(2)27-17-23(22-11-6-5-7-12-22)18-28(21(3)4)31(27)39-29-19-35-38-37-33(29)36-34(39)26-15-10-14-25-24-13-8-9-16-30(24)40-32(25)26;1-14(2)11-16-12-17(15-9-7-6-8-10-15)19-13-18(16)20(3,4)5;/h5-14,16-21H,1-4H3;6-9,12-14H,11H2,1-5H3;/q2*-1;. The van der Waals surface area contributed by atoms with E-state index in [9.17, 15) is 0 Å². The summed E-state index contributed by atoms with van der Waals surface area (Å²) < 4.78 is 8.61. The van der Waals surface area contributed by atoms with Crippen molar-refractivity contribution in [3.8, 4) is 39.5 Å². The molecule has 5 aromatic carbocycles. The Hall–Kier alpha value is -5.60. The molecule has 61 heavy (non-hydrogen) atoms. The van der Waals surface area contributed by atoms with Crippen LogP contribution in [0.3, 0.4) is 0 Å². The number of pyridine rings is 1. The van der Waals surface area contributed by atoms with Gasteiger partial charge >= 0.3 is 0 Å². The van der Waals surface area contributed by atoms with Crippen molar-refractivity contribution in [1.82, 2.24) is 29.9 Å². The summed E-state index contributed by atoms with van der Waals surface area (Å²) in [5.74, 6) is 1.86. The van der Waals surface area contributed by atoms with E-state index in [-0.39, 0.29) is 31.9 Å². The van der Waals surface area contributed by atoms with Crippen molar-refractivity contribution in [2.75, 3.05) is 0 Å². The van der Waals surface area contributed by atoms with E-state index >= 15 is 0 Å². The molecule has 0 aliphatic carbocycles. The fourth-order valence-corrected chi connectivity index (χ4v) is 9.70. The van der Waals surface area contributed by atoms with Crippen LogP contribution in [0.1, 0.15) is 70.1 Å². The zero-order valence-electron chi connectivity index (χ0n) is 36.4. The predicted molar refractivity (Wildman–Crippen MR) is 250 cm³/mol. The van der Waals surface area contributed by atoms with E-state index in [0.717, 1.165) is 56.4 Å². The van der Waals surface area contributed by atoms with Crippen molar-refractivity contribution >= 4 is 46.4 Å². The zero-order valence-corrected chi connectivity index (χ0v) is 39.8. The monoisotopic (exact) mass is 997 g/mol. The fourth-order valence-electron chi connectivity index (χ4n) is 8.11. The van der Waals surface area contributed by atoms with Gasteiger partial charge in [0.05, 0.1) is 25.7 Å². The summed E-state index contributed by atoms with van der Waals surface area (Å²) in [6.07, 6.45) is 4.99. The van der Waals surface area contributed by atoms with Crippen LogP contribution >= 0.6 is 0 Å². The number of imidazole rings is 1. The second-order valence-electron chi connectivity index (χ2n) is 17.6. The van der Waals surface area contributed by atoms with E-state index in [1.54, 1.807) is 6.20 Å². The molecule has 0 amide bonds. The van der Waals surface area contributed by atoms with Gasteiger partial charge in [-0.25, -0.2) is 0 Å². The third-order valence-corrected chi connectivity index (χ3v) is 13.0. The van der Waals surface area contributed by atoms with Crippen LogP contribution in [0.2, 0.25) is 19.6 Å². The maximum atomic E-state index is 6.42. The number of para-hydroxylation sites is 1. The third-order valence-electron chi connectivity index (χ3n) is 11.0. The molecule has 0 N–H and O–H groups in total. The predicted octanol–water partition coefficient (Wildman–Crippen LogP) is 12.8. The average molecular weight is 997 g/mol. The molecule has 311 valence electrons. The molecule has 4 heterocycles. The van der Waals surface area contributed by atoms with Gasteiger partial charge in [-0.15, -0.1) is 64.3 Å². The van der Waals surface area contributed by atoms with Gasteiger partial charge in [-0.3, -0.25) is 4.98 Å². The largest absolute Gasteiger partial charge is 0.501 e. The molecule has 4 aromatic heterocycles. The van der Waals surface area contributed by atoms with Crippen LogP contribution in [0.5, 0.6) is 0 Å². The van der Waals surface area contributed by atoms with Crippen molar-refractivity contribution in [2.24, 2.45) is 5.92 Å². The van der Waals surface area contributed by atoms with Crippen LogP contribution in [-0.2, 0) is 26.5 Å². The average Bonchev–Trinajstić information content (AvgIpc) is 3.82. The molecule has 0 aliphatic heterocycles. The summed E-state index contributed by atoms with van der Waals surface area (Å²) in [5.41, 5.74) is 13.2. The van der Waals surface area contributed by atoms with Crippen LogP contribution in [-0.4, -0.2) is 38.0 Å². The van der Waals surface area contributed by atoms with Crippen molar-refractivity contribution < 1.29 is 24.5 Å². The van der Waals surface area contributed by atoms with Crippen LogP contribution in [0.15, 0.2) is 126 Å². The number of fused-ring (bicyclic) bond motifs is 4. The molecule has 0 bridgehead atoms. The second-order valence-corrected chi connectivity index (χ2v) is 22.7. The van der Waals surface area contributed by atoms with Gasteiger partial charge in [0.1, 0.15) is 11.1 Å². The molecule has 0 atom stereocenters. The molecular weight excluding hydrogens is 945 g/mol. The number of aromatic nitrogens is 6. The smallest absolute Gasteiger partial charge is 0.194 e. The first-order valence-electron chi connectivity index (χ1n) is 21.0. The molecule has 9 aromatic rings. The van der Waals surface area contributed by atoms with Crippen molar-refractivity contribution in [3.63, 3.8) is 0 Å². The summed E-state index contributed by atoms with van der Waals surface area (Å²) >= 11 is 0. The quantitative estimate of drug-likeness (QED) is 0.106. The molecule has 0 spiro atoms. The van der Waals surface area contributed by atoms with Crippen LogP contribution in [0, 0.1) is 18.1 Å². The maximum absolute atomic E-state index is 6.42. The number of rotatable bonds is 9. The second kappa shape index (κ2) is 18.2. The Balaban J connectivity index is 0.000000226. The van der Waals surface area contributed by atoms with Gasteiger partial charge in [-0.1, -0.05) is 132 Å². The summed E-state index contributed by atoms with van der Waals surface area (Å²) in [7, 11) is -1.34. The maximum Gasteiger partial charge on any atom is 0.194 e. The van der Waals surface area contributed by atoms with Crippen molar-refractivity contribution in [2.45, 2.75) is 79.4 Å². The first-order chi connectivity index (χ1) is 28.9. The molecule has 7 nitrogen and oxygen atoms in total.